The van der Waals surface area contributed by atoms with Crippen LogP contribution in [0.25, 0.3) is 0 Å². The molecule has 8 atom stereocenters. The smallest absolute Gasteiger partial charge is 0.303 e. The molecule has 1 heterocycles. The maximum Gasteiger partial charge on any atom is 0.303 e. The first kappa shape index (κ1) is 17.6. The van der Waals surface area contributed by atoms with Crippen molar-refractivity contribution in [2.24, 2.45) is 34.0 Å². The molecule has 1 aliphatic heterocycles. The average molecular weight is 372 g/mol. The van der Waals surface area contributed by atoms with E-state index in [0.29, 0.717) is 11.5 Å². The van der Waals surface area contributed by atoms with Gasteiger partial charge < -0.3 is 9.47 Å². The zero-order chi connectivity index (χ0) is 19.7. The molecule has 0 aromatic carbocycles. The van der Waals surface area contributed by atoms with Crippen LogP contribution in [0.1, 0.15) is 53.9 Å². The monoisotopic (exact) mass is 372 g/mol. The fourth-order valence-corrected chi connectivity index (χ4v) is 8.42. The van der Waals surface area contributed by atoms with Gasteiger partial charge in [0.25, 0.3) is 0 Å². The number of carbonyl (C=O) groups excluding carboxylic acids is 3. The molecule has 0 aromatic heterocycles. The Bertz CT molecular complexity index is 829. The molecule has 1 saturated heterocycles. The van der Waals surface area contributed by atoms with Crippen molar-refractivity contribution in [1.29, 1.82) is 0 Å². The minimum Gasteiger partial charge on any atom is -0.454 e. The Labute approximate surface area is 159 Å². The number of hydrogen-bond acceptors (Lipinski definition) is 5. The van der Waals surface area contributed by atoms with Crippen LogP contribution < -0.4 is 0 Å². The van der Waals surface area contributed by atoms with Crippen molar-refractivity contribution in [2.45, 2.75) is 71.7 Å². The van der Waals surface area contributed by atoms with Gasteiger partial charge in [0.15, 0.2) is 23.8 Å². The normalized spacial score (nSPS) is 54.8. The molecule has 0 amide bonds. The fourth-order valence-electron chi connectivity index (χ4n) is 8.42. The van der Waals surface area contributed by atoms with E-state index in [0.717, 1.165) is 19.3 Å². The summed E-state index contributed by atoms with van der Waals surface area (Å²) in [5.74, 6) is 0.0626. The van der Waals surface area contributed by atoms with Gasteiger partial charge in [0.1, 0.15) is 5.60 Å². The summed E-state index contributed by atoms with van der Waals surface area (Å²) in [4.78, 5) is 38.4. The lowest BCUT2D eigenvalue weighted by Crippen LogP contribution is -2.48. The van der Waals surface area contributed by atoms with Crippen LogP contribution in [0.2, 0.25) is 0 Å². The van der Waals surface area contributed by atoms with Gasteiger partial charge >= 0.3 is 5.97 Å². The van der Waals surface area contributed by atoms with E-state index in [2.05, 4.69) is 27.4 Å². The highest BCUT2D eigenvalue weighted by atomic mass is 16.6. The molecule has 5 heteroatoms. The summed E-state index contributed by atoms with van der Waals surface area (Å²) in [6.07, 6.45) is 1.33. The number of ketones is 2. The second kappa shape index (κ2) is 4.56. The molecular formula is C22H28O5. The predicted octanol–water partition coefficient (Wildman–Crippen LogP) is 2.86. The number of Topliss-reactive ketones (excluding diaryl/α,β-unsaturated/α-hetero) is 2. The summed E-state index contributed by atoms with van der Waals surface area (Å²) < 4.78 is 11.8. The molecule has 4 saturated carbocycles. The molecule has 4 aliphatic carbocycles. The summed E-state index contributed by atoms with van der Waals surface area (Å²) in [5, 5.41) is 0. The molecule has 2 spiro atoms. The molecule has 0 bridgehead atoms. The van der Waals surface area contributed by atoms with Crippen LogP contribution in [0.3, 0.4) is 0 Å². The van der Waals surface area contributed by atoms with E-state index in [1.54, 1.807) is 0 Å². The summed E-state index contributed by atoms with van der Waals surface area (Å²) in [5.41, 5.74) is -1.72. The Hall–Kier alpha value is -1.49. The zero-order valence-electron chi connectivity index (χ0n) is 16.8. The van der Waals surface area contributed by atoms with Gasteiger partial charge in [-0.2, -0.15) is 0 Å². The van der Waals surface area contributed by atoms with Crippen LogP contribution in [0.5, 0.6) is 0 Å². The van der Waals surface area contributed by atoms with Crippen molar-refractivity contribution >= 4 is 17.5 Å². The quantitative estimate of drug-likeness (QED) is 0.423. The molecule has 5 fully saturated rings. The van der Waals surface area contributed by atoms with Gasteiger partial charge in [0.05, 0.1) is 5.41 Å². The molecule has 146 valence electrons. The highest BCUT2D eigenvalue weighted by Gasteiger charge is 2.95. The Morgan fingerprint density at radius 3 is 2.56 bits per heavy atom. The van der Waals surface area contributed by atoms with E-state index in [1.807, 2.05) is 6.92 Å². The lowest BCUT2D eigenvalue weighted by atomic mass is 9.55. The van der Waals surface area contributed by atoms with Gasteiger partial charge in [0, 0.05) is 18.3 Å². The van der Waals surface area contributed by atoms with Gasteiger partial charge in [-0.25, -0.2) is 0 Å². The predicted molar refractivity (Wildman–Crippen MR) is 96.6 cm³/mol. The van der Waals surface area contributed by atoms with Crippen molar-refractivity contribution < 1.29 is 23.9 Å². The summed E-state index contributed by atoms with van der Waals surface area (Å²) in [6.45, 7) is 14.0. The van der Waals surface area contributed by atoms with E-state index in [-0.39, 0.29) is 28.8 Å². The van der Waals surface area contributed by atoms with Crippen molar-refractivity contribution in [3.05, 3.63) is 12.2 Å². The molecule has 5 aliphatic rings. The van der Waals surface area contributed by atoms with E-state index < -0.39 is 34.6 Å². The lowest BCUT2D eigenvalue weighted by molar-refractivity contribution is -0.162. The number of ether oxygens (including phenoxy) is 2. The first-order chi connectivity index (χ1) is 12.5. The summed E-state index contributed by atoms with van der Waals surface area (Å²) in [7, 11) is 0. The second-order valence-electron chi connectivity index (χ2n) is 10.2. The Kier molecular flexibility index (Phi) is 2.97. The van der Waals surface area contributed by atoms with Crippen LogP contribution >= 0.6 is 0 Å². The maximum absolute atomic E-state index is 13.9. The molecule has 0 aromatic rings. The number of rotatable bonds is 2. The third-order valence-electron chi connectivity index (χ3n) is 9.48. The van der Waals surface area contributed by atoms with E-state index in [1.165, 1.54) is 6.92 Å². The van der Waals surface area contributed by atoms with Crippen LogP contribution in [0, 0.1) is 34.0 Å². The zero-order valence-corrected chi connectivity index (χ0v) is 16.8. The van der Waals surface area contributed by atoms with Gasteiger partial charge in [-0.1, -0.05) is 27.4 Å². The summed E-state index contributed by atoms with van der Waals surface area (Å²) >= 11 is 0. The Morgan fingerprint density at radius 1 is 1.30 bits per heavy atom. The van der Waals surface area contributed by atoms with Crippen molar-refractivity contribution in [1.82, 2.24) is 0 Å². The molecular weight excluding hydrogens is 344 g/mol. The largest absolute Gasteiger partial charge is 0.454 e. The van der Waals surface area contributed by atoms with Crippen molar-refractivity contribution in [3.8, 4) is 0 Å². The molecule has 27 heavy (non-hydrogen) atoms. The van der Waals surface area contributed by atoms with Gasteiger partial charge in [0.2, 0.25) is 0 Å². The summed E-state index contributed by atoms with van der Waals surface area (Å²) in [6, 6.07) is 0. The lowest BCUT2D eigenvalue weighted by Gasteiger charge is -2.47. The molecule has 5 rings (SSSR count). The van der Waals surface area contributed by atoms with Gasteiger partial charge in [-0.3, -0.25) is 14.4 Å². The van der Waals surface area contributed by atoms with Crippen LogP contribution in [-0.4, -0.2) is 35.3 Å². The van der Waals surface area contributed by atoms with Crippen molar-refractivity contribution in [2.75, 3.05) is 0 Å². The van der Waals surface area contributed by atoms with Crippen molar-refractivity contribution in [3.63, 3.8) is 0 Å². The number of carbonyl (C=O) groups is 3. The van der Waals surface area contributed by atoms with E-state index in [4.69, 9.17) is 9.47 Å². The molecule has 0 radical (unpaired) electrons. The molecule has 5 nitrogen and oxygen atoms in total. The van der Waals surface area contributed by atoms with Crippen LogP contribution in [0.4, 0.5) is 0 Å². The SMILES string of the molecule is C=C1C(=O)[C@H]2O[C@@]23[C@@H]1C[C@]12CCC(C(C)C)[C@@]1(C)[C@@H](OC(C)=O)C(=O)[C@]32C. The number of esters is 1. The minimum absolute atomic E-state index is 0.0417. The topological polar surface area (TPSA) is 73.0 Å². The molecule has 1 unspecified atom stereocenters. The minimum atomic E-state index is -0.817. The third kappa shape index (κ3) is 1.42. The first-order valence-corrected chi connectivity index (χ1v) is 10.1. The maximum atomic E-state index is 13.9. The average Bonchev–Trinajstić information content (AvgIpc) is 3.10. The number of hydrogen-bond donors (Lipinski definition) is 0. The standard InChI is InChI=1S/C22H28O5/c1-10(2)13-7-8-21-9-14-11(3)15(24)17-22(14,27-17)20(21,6)16(25)18(19(13,21)5)26-12(4)23/h10,13-14,17-18H,3,7-9H2,1-2,4-6H3/t13?,14-,17-,18+,19+,20+,21-,22+/m1/s1. The second-order valence-corrected chi connectivity index (χ2v) is 10.2. The van der Waals surface area contributed by atoms with E-state index in [9.17, 15) is 14.4 Å². The van der Waals surface area contributed by atoms with Crippen LogP contribution in [0.15, 0.2) is 12.2 Å². The highest BCUT2D eigenvalue weighted by Crippen LogP contribution is 2.86. The van der Waals surface area contributed by atoms with Gasteiger partial charge in [-0.05, 0) is 49.0 Å². The number of epoxide rings is 1. The molecule has 0 N–H and O–H groups in total. The van der Waals surface area contributed by atoms with Gasteiger partial charge in [-0.15, -0.1) is 0 Å². The fraction of sp³-hybridized carbons (Fsp3) is 0.773. The Morgan fingerprint density at radius 2 is 1.96 bits per heavy atom. The highest BCUT2D eigenvalue weighted by molar-refractivity contribution is 6.09. The van der Waals surface area contributed by atoms with E-state index >= 15 is 0 Å². The van der Waals surface area contributed by atoms with Crippen LogP contribution in [-0.2, 0) is 23.9 Å². The Balaban J connectivity index is 1.74. The first-order valence-electron chi connectivity index (χ1n) is 10.1. The third-order valence-corrected chi connectivity index (χ3v) is 9.48.